The molecule has 5 nitrogen and oxygen atoms in total. The number of aromatic nitrogens is 1. The van der Waals surface area contributed by atoms with Crippen LogP contribution in [0.3, 0.4) is 0 Å². The number of urea groups is 1. The number of fused-ring (bicyclic) bond motifs is 1. The van der Waals surface area contributed by atoms with E-state index in [0.29, 0.717) is 24.3 Å². The average Bonchev–Trinajstić information content (AvgIpc) is 3.06. The van der Waals surface area contributed by atoms with Crippen molar-refractivity contribution in [2.75, 3.05) is 4.90 Å². The number of nitrogens with two attached hydrogens (primary N) is 1. The van der Waals surface area contributed by atoms with Crippen LogP contribution in [-0.2, 0) is 18.0 Å². The summed E-state index contributed by atoms with van der Waals surface area (Å²) in [5.41, 5.74) is 8.54. The Hall–Kier alpha value is -1.92. The smallest absolute Gasteiger partial charge is 0.325 e. The lowest BCUT2D eigenvalue weighted by Gasteiger charge is -2.18. The van der Waals surface area contributed by atoms with Crippen LogP contribution in [0.25, 0.3) is 0 Å². The summed E-state index contributed by atoms with van der Waals surface area (Å²) in [7, 11) is 0. The summed E-state index contributed by atoms with van der Waals surface area (Å²) < 4.78 is 5.40. The Kier molecular flexibility index (Phi) is 3.65. The highest BCUT2D eigenvalue weighted by molar-refractivity contribution is 7.15. The molecule has 0 spiro atoms. The highest BCUT2D eigenvalue weighted by Crippen LogP contribution is 2.34. The third kappa shape index (κ3) is 2.64. The van der Waals surface area contributed by atoms with E-state index < -0.39 is 6.03 Å². The maximum atomic E-state index is 11.9. The van der Waals surface area contributed by atoms with Crippen LogP contribution in [-0.4, -0.2) is 11.0 Å². The molecule has 0 atom stereocenters. The van der Waals surface area contributed by atoms with Crippen molar-refractivity contribution >= 4 is 28.2 Å². The number of nitrogens with zero attached hydrogens (tertiary/aromatic N) is 2. The SMILES string of the molecule is CC(C)c1cnc(N(C(N)=O)c2ccc3c(c2)COC3)s1. The molecule has 0 fully saturated rings. The molecule has 110 valence electrons. The molecular formula is C15H17N3O2S. The minimum atomic E-state index is -0.529. The van der Waals surface area contributed by atoms with E-state index in [1.54, 1.807) is 6.20 Å². The van der Waals surface area contributed by atoms with Crippen LogP contribution in [0, 0.1) is 0 Å². The van der Waals surface area contributed by atoms with Gasteiger partial charge in [0.25, 0.3) is 0 Å². The summed E-state index contributed by atoms with van der Waals surface area (Å²) in [4.78, 5) is 18.8. The van der Waals surface area contributed by atoms with Crippen LogP contribution in [0.5, 0.6) is 0 Å². The van der Waals surface area contributed by atoms with Gasteiger partial charge in [0, 0.05) is 11.1 Å². The lowest BCUT2D eigenvalue weighted by molar-refractivity contribution is 0.134. The second-order valence-electron chi connectivity index (χ2n) is 5.32. The lowest BCUT2D eigenvalue weighted by Crippen LogP contribution is -2.31. The number of benzene rings is 1. The number of anilines is 2. The minimum Gasteiger partial charge on any atom is -0.372 e. The normalized spacial score (nSPS) is 13.5. The van der Waals surface area contributed by atoms with Crippen LogP contribution in [0.15, 0.2) is 24.4 Å². The maximum Gasteiger partial charge on any atom is 0.325 e. The van der Waals surface area contributed by atoms with Gasteiger partial charge in [-0.15, -0.1) is 11.3 Å². The van der Waals surface area contributed by atoms with Crippen molar-refractivity contribution in [1.82, 2.24) is 4.98 Å². The van der Waals surface area contributed by atoms with E-state index in [1.807, 2.05) is 18.2 Å². The molecule has 21 heavy (non-hydrogen) atoms. The summed E-state index contributed by atoms with van der Waals surface area (Å²) in [6.07, 6.45) is 1.80. The molecule has 1 aliphatic heterocycles. The Labute approximate surface area is 127 Å². The monoisotopic (exact) mass is 303 g/mol. The molecule has 1 aromatic heterocycles. The third-order valence-corrected chi connectivity index (χ3v) is 4.74. The topological polar surface area (TPSA) is 68.5 Å². The summed E-state index contributed by atoms with van der Waals surface area (Å²) >= 11 is 1.49. The number of thiazole rings is 1. The van der Waals surface area contributed by atoms with Crippen molar-refractivity contribution in [1.29, 1.82) is 0 Å². The first-order valence-corrected chi connectivity index (χ1v) is 7.62. The number of ether oxygens (including phenoxy) is 1. The third-order valence-electron chi connectivity index (χ3n) is 3.46. The van der Waals surface area contributed by atoms with Gasteiger partial charge in [-0.05, 0) is 29.2 Å². The molecule has 0 saturated heterocycles. The Morgan fingerprint density at radius 1 is 1.38 bits per heavy atom. The molecule has 6 heteroatoms. The number of carbonyl (C=O) groups excluding carboxylic acids is 1. The van der Waals surface area contributed by atoms with Gasteiger partial charge in [0.05, 0.1) is 18.9 Å². The van der Waals surface area contributed by atoms with E-state index in [9.17, 15) is 4.79 Å². The molecule has 2 amide bonds. The first-order chi connectivity index (χ1) is 10.1. The van der Waals surface area contributed by atoms with E-state index in [2.05, 4.69) is 18.8 Å². The highest BCUT2D eigenvalue weighted by Gasteiger charge is 2.21. The number of hydrogen-bond acceptors (Lipinski definition) is 4. The predicted molar refractivity (Wildman–Crippen MR) is 82.9 cm³/mol. The van der Waals surface area contributed by atoms with Gasteiger partial charge in [-0.25, -0.2) is 14.7 Å². The molecule has 2 heterocycles. The molecule has 1 aliphatic rings. The number of hydrogen-bond donors (Lipinski definition) is 1. The van der Waals surface area contributed by atoms with E-state index in [4.69, 9.17) is 10.5 Å². The Bertz CT molecular complexity index is 681. The van der Waals surface area contributed by atoms with E-state index in [1.165, 1.54) is 16.2 Å². The van der Waals surface area contributed by atoms with Crippen LogP contribution in [0.4, 0.5) is 15.6 Å². The molecule has 0 radical (unpaired) electrons. The van der Waals surface area contributed by atoms with Crippen molar-refractivity contribution in [2.45, 2.75) is 33.0 Å². The fourth-order valence-electron chi connectivity index (χ4n) is 2.28. The van der Waals surface area contributed by atoms with Gasteiger partial charge in [0.1, 0.15) is 0 Å². The molecule has 2 N–H and O–H groups in total. The van der Waals surface area contributed by atoms with Gasteiger partial charge in [-0.3, -0.25) is 0 Å². The summed E-state index contributed by atoms with van der Waals surface area (Å²) in [5, 5.41) is 0.602. The summed E-state index contributed by atoms with van der Waals surface area (Å²) in [5.74, 6) is 0.374. The summed E-state index contributed by atoms with van der Waals surface area (Å²) in [6.45, 7) is 5.39. The van der Waals surface area contributed by atoms with E-state index >= 15 is 0 Å². The van der Waals surface area contributed by atoms with E-state index in [-0.39, 0.29) is 0 Å². The summed E-state index contributed by atoms with van der Waals surface area (Å²) in [6, 6.07) is 5.28. The molecule has 0 unspecified atom stereocenters. The van der Waals surface area contributed by atoms with Crippen molar-refractivity contribution in [3.8, 4) is 0 Å². The molecule has 3 rings (SSSR count). The van der Waals surface area contributed by atoms with Crippen molar-refractivity contribution in [2.24, 2.45) is 5.73 Å². The van der Waals surface area contributed by atoms with Gasteiger partial charge < -0.3 is 10.5 Å². The van der Waals surface area contributed by atoms with Gasteiger partial charge in [0.2, 0.25) is 0 Å². The second kappa shape index (κ2) is 5.46. The van der Waals surface area contributed by atoms with Crippen molar-refractivity contribution in [3.63, 3.8) is 0 Å². The van der Waals surface area contributed by atoms with E-state index in [0.717, 1.165) is 21.7 Å². The Balaban J connectivity index is 1.99. The highest BCUT2D eigenvalue weighted by atomic mass is 32.1. The zero-order valence-corrected chi connectivity index (χ0v) is 12.8. The van der Waals surface area contributed by atoms with Crippen LogP contribution in [0.1, 0.15) is 35.8 Å². The minimum absolute atomic E-state index is 0.374. The van der Waals surface area contributed by atoms with Crippen LogP contribution >= 0.6 is 11.3 Å². The second-order valence-corrected chi connectivity index (χ2v) is 6.36. The fraction of sp³-hybridized carbons (Fsp3) is 0.333. The molecular weight excluding hydrogens is 286 g/mol. The van der Waals surface area contributed by atoms with Crippen LogP contribution in [0.2, 0.25) is 0 Å². The molecule has 2 aromatic rings. The molecule has 0 saturated carbocycles. The Morgan fingerprint density at radius 2 is 2.14 bits per heavy atom. The van der Waals surface area contributed by atoms with Crippen LogP contribution < -0.4 is 10.6 Å². The fourth-order valence-corrected chi connectivity index (χ4v) is 3.22. The van der Waals surface area contributed by atoms with Gasteiger partial charge in [-0.1, -0.05) is 19.9 Å². The number of carbonyl (C=O) groups is 1. The number of amides is 2. The first kappa shape index (κ1) is 14.0. The van der Waals surface area contributed by atoms with Gasteiger partial charge in [-0.2, -0.15) is 0 Å². The quantitative estimate of drug-likeness (QED) is 0.943. The molecule has 0 bridgehead atoms. The predicted octanol–water partition coefficient (Wildman–Crippen LogP) is 3.51. The largest absolute Gasteiger partial charge is 0.372 e. The number of rotatable bonds is 3. The lowest BCUT2D eigenvalue weighted by atomic mass is 10.1. The first-order valence-electron chi connectivity index (χ1n) is 6.81. The molecule has 1 aromatic carbocycles. The Morgan fingerprint density at radius 3 is 2.81 bits per heavy atom. The van der Waals surface area contributed by atoms with Gasteiger partial charge >= 0.3 is 6.03 Å². The maximum absolute atomic E-state index is 11.9. The van der Waals surface area contributed by atoms with Crippen molar-refractivity contribution < 1.29 is 9.53 Å². The van der Waals surface area contributed by atoms with Gasteiger partial charge in [0.15, 0.2) is 5.13 Å². The average molecular weight is 303 g/mol. The standard InChI is InChI=1S/C15H17N3O2S/c1-9(2)13-6-17-15(21-13)18(14(16)19)12-4-3-10-7-20-8-11(10)5-12/h3-6,9H,7-8H2,1-2H3,(H2,16,19). The molecule has 0 aliphatic carbocycles. The van der Waals surface area contributed by atoms with Crippen molar-refractivity contribution in [3.05, 3.63) is 40.4 Å². The number of primary amides is 1. The zero-order chi connectivity index (χ0) is 15.0. The zero-order valence-electron chi connectivity index (χ0n) is 12.0.